The fraction of sp³-hybridized carbons (Fsp3) is 0.389. The molecule has 2 saturated heterocycles. The SMILES string of the molecule is CC(C)(C)OC(=O)N1CCC(n2cc(-c3cn4ncc(C#N)c4c(-c4ccc(N5CCNCC5(C)c5cc(F)ccn5)cc4)n3)cn2)CC1. The Bertz CT molecular complexity index is 2040. The van der Waals surface area contributed by atoms with Crippen LogP contribution < -0.4 is 10.2 Å². The van der Waals surface area contributed by atoms with Crippen molar-refractivity contribution in [3.8, 4) is 28.6 Å². The Morgan fingerprint density at radius 3 is 2.55 bits per heavy atom. The smallest absolute Gasteiger partial charge is 0.410 e. The molecule has 13 heteroatoms. The third-order valence-electron chi connectivity index (χ3n) is 9.31. The van der Waals surface area contributed by atoms with E-state index in [0.29, 0.717) is 47.8 Å². The summed E-state index contributed by atoms with van der Waals surface area (Å²) in [5, 5.41) is 22.5. The number of nitrogens with zero attached hydrogens (tertiary/aromatic N) is 9. The summed E-state index contributed by atoms with van der Waals surface area (Å²) < 4.78 is 23.4. The second-order valence-corrected chi connectivity index (χ2v) is 13.9. The highest BCUT2D eigenvalue weighted by Gasteiger charge is 2.38. The van der Waals surface area contributed by atoms with Crippen molar-refractivity contribution in [1.82, 2.24) is 39.6 Å². The molecule has 1 N–H and O–H groups in total. The van der Waals surface area contributed by atoms with Gasteiger partial charge in [-0.2, -0.15) is 15.5 Å². The molecule has 0 aliphatic carbocycles. The Kier molecular flexibility index (Phi) is 8.28. The number of hydrogen-bond acceptors (Lipinski definition) is 9. The third-order valence-corrected chi connectivity index (χ3v) is 9.31. The van der Waals surface area contributed by atoms with Gasteiger partial charge in [0, 0.05) is 61.9 Å². The van der Waals surface area contributed by atoms with Crippen molar-refractivity contribution in [2.75, 3.05) is 37.6 Å². The van der Waals surface area contributed by atoms with E-state index in [1.165, 1.54) is 18.3 Å². The van der Waals surface area contributed by atoms with Gasteiger partial charge in [-0.05, 0) is 64.8 Å². The number of ether oxygens (including phenoxy) is 1. The minimum Gasteiger partial charge on any atom is -0.444 e. The van der Waals surface area contributed by atoms with E-state index in [0.717, 1.165) is 42.7 Å². The molecule has 0 spiro atoms. The Hall–Kier alpha value is -5.35. The summed E-state index contributed by atoms with van der Waals surface area (Å²) in [7, 11) is 0. The standard InChI is InChI=1S/C36H39FN10O2/c1-35(2,3)49-34(48)44-14-10-29(11-15-44)46-21-26(20-41-46)30-22-47-33(25(18-38)19-42-47)32(43-30)24-5-7-28(8-6-24)45-16-13-39-23-36(45,4)31-17-27(37)9-12-40-31/h5-9,12,17,19-22,29,39H,10-11,13-16,23H2,1-4H3. The first-order valence-electron chi connectivity index (χ1n) is 16.5. The van der Waals surface area contributed by atoms with E-state index in [1.807, 2.05) is 62.1 Å². The minimum atomic E-state index is -0.556. The maximum Gasteiger partial charge on any atom is 0.410 e. The predicted molar refractivity (Wildman–Crippen MR) is 182 cm³/mol. The van der Waals surface area contributed by atoms with Crippen molar-refractivity contribution in [1.29, 1.82) is 5.26 Å². The molecule has 1 unspecified atom stereocenters. The van der Waals surface area contributed by atoms with Crippen LogP contribution >= 0.6 is 0 Å². The number of carbonyl (C=O) groups excluding carboxylic acids is 1. The number of anilines is 1. The summed E-state index contributed by atoms with van der Waals surface area (Å²) >= 11 is 0. The van der Waals surface area contributed by atoms with Crippen molar-refractivity contribution in [2.24, 2.45) is 0 Å². The monoisotopic (exact) mass is 662 g/mol. The van der Waals surface area contributed by atoms with Crippen molar-refractivity contribution in [3.63, 3.8) is 0 Å². The molecule has 2 aliphatic heterocycles. The number of pyridine rings is 1. The Morgan fingerprint density at radius 1 is 1.06 bits per heavy atom. The predicted octanol–water partition coefficient (Wildman–Crippen LogP) is 5.56. The number of benzene rings is 1. The van der Waals surface area contributed by atoms with Crippen LogP contribution in [0.5, 0.6) is 0 Å². The second-order valence-electron chi connectivity index (χ2n) is 13.9. The normalized spacial score (nSPS) is 18.9. The lowest BCUT2D eigenvalue weighted by Crippen LogP contribution is -2.58. The van der Waals surface area contributed by atoms with Gasteiger partial charge in [0.15, 0.2) is 0 Å². The van der Waals surface area contributed by atoms with Crippen LogP contribution in [-0.4, -0.2) is 78.7 Å². The number of carbonyl (C=O) groups is 1. The summed E-state index contributed by atoms with van der Waals surface area (Å²) in [5.41, 5.74) is 4.54. The van der Waals surface area contributed by atoms with E-state index < -0.39 is 11.1 Å². The number of hydrogen-bond donors (Lipinski definition) is 1. The molecule has 6 heterocycles. The molecule has 1 atom stereocenters. The van der Waals surface area contributed by atoms with E-state index in [2.05, 4.69) is 38.4 Å². The molecular formula is C36H39FN10O2. The number of piperazine rings is 1. The van der Waals surface area contributed by atoms with Crippen molar-refractivity contribution in [2.45, 2.75) is 57.7 Å². The van der Waals surface area contributed by atoms with Crippen LogP contribution in [0.15, 0.2) is 67.4 Å². The molecule has 49 heavy (non-hydrogen) atoms. The van der Waals surface area contributed by atoms with Crippen molar-refractivity contribution in [3.05, 3.63) is 84.5 Å². The van der Waals surface area contributed by atoms with E-state index in [1.54, 1.807) is 21.8 Å². The zero-order chi connectivity index (χ0) is 34.3. The van der Waals surface area contributed by atoms with E-state index in [-0.39, 0.29) is 18.0 Å². The lowest BCUT2D eigenvalue weighted by molar-refractivity contribution is 0.0184. The molecule has 1 amide bonds. The maximum atomic E-state index is 14.2. The lowest BCUT2D eigenvalue weighted by atomic mass is 9.91. The number of halogens is 1. The molecule has 2 aliphatic rings. The Labute approximate surface area is 284 Å². The fourth-order valence-corrected chi connectivity index (χ4v) is 6.75. The van der Waals surface area contributed by atoms with E-state index >= 15 is 0 Å². The number of amides is 1. The number of piperidine rings is 1. The Balaban J connectivity index is 1.16. The quantitative estimate of drug-likeness (QED) is 0.257. The number of aromatic nitrogens is 6. The lowest BCUT2D eigenvalue weighted by Gasteiger charge is -2.46. The molecule has 0 radical (unpaired) electrons. The van der Waals surface area contributed by atoms with Gasteiger partial charge in [-0.1, -0.05) is 12.1 Å². The van der Waals surface area contributed by atoms with Crippen LogP contribution in [-0.2, 0) is 10.3 Å². The summed E-state index contributed by atoms with van der Waals surface area (Å²) in [5.74, 6) is -0.315. The van der Waals surface area contributed by atoms with Gasteiger partial charge in [-0.25, -0.2) is 18.7 Å². The van der Waals surface area contributed by atoms with Gasteiger partial charge in [-0.15, -0.1) is 0 Å². The molecule has 4 aromatic heterocycles. The molecule has 1 aromatic carbocycles. The van der Waals surface area contributed by atoms with Gasteiger partial charge in [0.1, 0.15) is 28.6 Å². The maximum absolute atomic E-state index is 14.2. The van der Waals surface area contributed by atoms with Crippen LogP contribution in [0.2, 0.25) is 0 Å². The molecule has 0 saturated carbocycles. The highest BCUT2D eigenvalue weighted by Crippen LogP contribution is 2.36. The zero-order valence-electron chi connectivity index (χ0n) is 28.1. The molecular weight excluding hydrogens is 623 g/mol. The third kappa shape index (κ3) is 6.31. The number of likely N-dealkylation sites (tertiary alicyclic amines) is 1. The van der Waals surface area contributed by atoms with Gasteiger partial charge >= 0.3 is 6.09 Å². The molecule has 5 aromatic rings. The number of nitrogens with one attached hydrogen (secondary N) is 1. The second kappa shape index (κ2) is 12.6. The molecule has 12 nitrogen and oxygen atoms in total. The van der Waals surface area contributed by atoms with Crippen LogP contribution in [0, 0.1) is 17.1 Å². The fourth-order valence-electron chi connectivity index (χ4n) is 6.75. The zero-order valence-corrected chi connectivity index (χ0v) is 28.1. The van der Waals surface area contributed by atoms with Gasteiger partial charge < -0.3 is 19.9 Å². The van der Waals surface area contributed by atoms with Crippen molar-refractivity contribution >= 4 is 17.3 Å². The van der Waals surface area contributed by atoms with Gasteiger partial charge in [-0.3, -0.25) is 9.67 Å². The average molecular weight is 663 g/mol. The van der Waals surface area contributed by atoms with Gasteiger partial charge in [0.05, 0.1) is 47.3 Å². The largest absolute Gasteiger partial charge is 0.444 e. The van der Waals surface area contributed by atoms with E-state index in [9.17, 15) is 14.4 Å². The highest BCUT2D eigenvalue weighted by atomic mass is 19.1. The average Bonchev–Trinajstić information content (AvgIpc) is 3.76. The van der Waals surface area contributed by atoms with Gasteiger partial charge in [0.25, 0.3) is 0 Å². The molecule has 7 rings (SSSR count). The number of rotatable bonds is 5. The van der Waals surface area contributed by atoms with Crippen LogP contribution in [0.3, 0.4) is 0 Å². The summed E-state index contributed by atoms with van der Waals surface area (Å²) in [6.07, 6.45) is 9.89. The first kappa shape index (κ1) is 32.2. The summed E-state index contributed by atoms with van der Waals surface area (Å²) in [6.45, 7) is 11.0. The summed E-state index contributed by atoms with van der Waals surface area (Å²) in [4.78, 5) is 26.1. The molecule has 2 fully saturated rings. The first-order valence-corrected chi connectivity index (χ1v) is 16.5. The van der Waals surface area contributed by atoms with Crippen molar-refractivity contribution < 1.29 is 13.9 Å². The Morgan fingerprint density at radius 2 is 1.84 bits per heavy atom. The van der Waals surface area contributed by atoms with E-state index in [4.69, 9.17) is 9.72 Å². The first-order chi connectivity index (χ1) is 23.5. The minimum absolute atomic E-state index is 0.135. The highest BCUT2D eigenvalue weighted by molar-refractivity contribution is 5.83. The number of fused-ring (bicyclic) bond motifs is 1. The van der Waals surface area contributed by atoms with Crippen LogP contribution in [0.1, 0.15) is 57.8 Å². The van der Waals surface area contributed by atoms with Gasteiger partial charge in [0.2, 0.25) is 0 Å². The molecule has 0 bridgehead atoms. The molecule has 252 valence electrons. The number of nitriles is 1. The van der Waals surface area contributed by atoms with Crippen LogP contribution in [0.4, 0.5) is 14.9 Å². The summed E-state index contributed by atoms with van der Waals surface area (Å²) in [6, 6.07) is 13.3. The van der Waals surface area contributed by atoms with Crippen LogP contribution in [0.25, 0.3) is 28.0 Å². The topological polar surface area (TPSA) is 130 Å².